The maximum Gasteiger partial charge on any atom is 0.191 e. The van der Waals surface area contributed by atoms with E-state index in [2.05, 4.69) is 71.9 Å². The molecule has 0 unspecified atom stereocenters. The number of nitrogens with one attached hydrogen (secondary N) is 3. The summed E-state index contributed by atoms with van der Waals surface area (Å²) in [5.41, 5.74) is 4.51. The molecule has 0 atom stereocenters. The normalized spacial score (nSPS) is 11.3. The van der Waals surface area contributed by atoms with Crippen LogP contribution in [0.15, 0.2) is 53.5 Å². The number of aromatic amines is 1. The highest BCUT2D eigenvalue weighted by molar-refractivity contribution is 14.0. The van der Waals surface area contributed by atoms with Crippen molar-refractivity contribution in [3.05, 3.63) is 65.4 Å². The Morgan fingerprint density at radius 2 is 1.90 bits per heavy atom. The van der Waals surface area contributed by atoms with Crippen molar-refractivity contribution in [1.82, 2.24) is 15.6 Å². The van der Waals surface area contributed by atoms with Crippen LogP contribution < -0.4 is 15.4 Å². The number of halogens is 1. The molecule has 3 N–H and O–H groups in total. The third-order valence-electron chi connectivity index (χ3n) is 4.76. The molecule has 3 aromatic rings. The van der Waals surface area contributed by atoms with Gasteiger partial charge in [-0.1, -0.05) is 30.3 Å². The summed E-state index contributed by atoms with van der Waals surface area (Å²) in [7, 11) is 1.71. The summed E-state index contributed by atoms with van der Waals surface area (Å²) in [6.45, 7) is 7.48. The summed E-state index contributed by atoms with van der Waals surface area (Å²) >= 11 is 0. The van der Waals surface area contributed by atoms with Gasteiger partial charge in [0, 0.05) is 43.5 Å². The second kappa shape index (κ2) is 13.2. The Balaban J connectivity index is 0.00000341. The van der Waals surface area contributed by atoms with E-state index in [1.54, 1.807) is 7.11 Å². The van der Waals surface area contributed by atoms with E-state index < -0.39 is 0 Å². The van der Waals surface area contributed by atoms with E-state index in [0.717, 1.165) is 41.4 Å². The number of aliphatic imine (C=N–C) groups is 1. The first-order valence-electron chi connectivity index (χ1n) is 10.5. The predicted molar refractivity (Wildman–Crippen MR) is 139 cm³/mol. The van der Waals surface area contributed by atoms with Crippen molar-refractivity contribution < 1.29 is 9.47 Å². The molecule has 7 heteroatoms. The molecular formula is C24H33IN4O2. The van der Waals surface area contributed by atoms with Crippen LogP contribution in [0.3, 0.4) is 0 Å². The Bertz CT molecular complexity index is 938. The number of H-pyrrole nitrogens is 1. The minimum absolute atomic E-state index is 0. The molecule has 31 heavy (non-hydrogen) atoms. The number of fused-ring (bicyclic) bond motifs is 1. The Kier molecular flexibility index (Phi) is 10.7. The molecule has 0 aliphatic carbocycles. The molecule has 0 aliphatic rings. The topological polar surface area (TPSA) is 70.7 Å². The number of methoxy groups -OCH3 is 1. The number of benzene rings is 2. The van der Waals surface area contributed by atoms with Gasteiger partial charge in [0.05, 0.1) is 19.7 Å². The van der Waals surface area contributed by atoms with Gasteiger partial charge in [-0.3, -0.25) is 0 Å². The number of ether oxygens (including phenoxy) is 2. The fourth-order valence-corrected chi connectivity index (χ4v) is 3.23. The zero-order chi connectivity index (χ0) is 21.2. The minimum Gasteiger partial charge on any atom is -0.493 e. The Labute approximate surface area is 201 Å². The van der Waals surface area contributed by atoms with Crippen LogP contribution in [-0.4, -0.2) is 37.8 Å². The highest BCUT2D eigenvalue weighted by Crippen LogP contribution is 2.21. The third-order valence-corrected chi connectivity index (χ3v) is 4.76. The monoisotopic (exact) mass is 536 g/mol. The molecule has 0 amide bonds. The molecule has 6 nitrogen and oxygen atoms in total. The van der Waals surface area contributed by atoms with Gasteiger partial charge < -0.3 is 25.1 Å². The smallest absolute Gasteiger partial charge is 0.191 e. The van der Waals surface area contributed by atoms with Crippen molar-refractivity contribution in [3.63, 3.8) is 0 Å². The third kappa shape index (κ3) is 7.74. The minimum atomic E-state index is 0. The second-order valence-corrected chi connectivity index (χ2v) is 7.24. The van der Waals surface area contributed by atoms with Crippen LogP contribution >= 0.6 is 24.0 Å². The summed E-state index contributed by atoms with van der Waals surface area (Å²) in [4.78, 5) is 8.20. The van der Waals surface area contributed by atoms with Gasteiger partial charge in [-0.25, -0.2) is 4.99 Å². The van der Waals surface area contributed by atoms with Gasteiger partial charge in [0.1, 0.15) is 5.75 Å². The molecule has 3 rings (SSSR count). The molecular weight excluding hydrogens is 503 g/mol. The maximum absolute atomic E-state index is 5.98. The van der Waals surface area contributed by atoms with E-state index in [1.807, 2.05) is 6.07 Å². The zero-order valence-corrected chi connectivity index (χ0v) is 20.9. The predicted octanol–water partition coefficient (Wildman–Crippen LogP) is 4.76. The van der Waals surface area contributed by atoms with E-state index in [-0.39, 0.29) is 24.0 Å². The van der Waals surface area contributed by atoms with Gasteiger partial charge in [0.15, 0.2) is 5.96 Å². The van der Waals surface area contributed by atoms with Crippen LogP contribution in [0, 0.1) is 6.92 Å². The first-order valence-corrected chi connectivity index (χ1v) is 10.5. The lowest BCUT2D eigenvalue weighted by atomic mass is 10.1. The number of guanidine groups is 1. The first kappa shape index (κ1) is 25.0. The molecule has 0 spiro atoms. The van der Waals surface area contributed by atoms with Gasteiger partial charge >= 0.3 is 0 Å². The molecule has 2 aromatic carbocycles. The van der Waals surface area contributed by atoms with Crippen molar-refractivity contribution in [1.29, 1.82) is 0 Å². The lowest BCUT2D eigenvalue weighted by Gasteiger charge is -2.13. The molecule has 1 aromatic heterocycles. The van der Waals surface area contributed by atoms with Gasteiger partial charge in [-0.05, 0) is 43.0 Å². The van der Waals surface area contributed by atoms with Crippen LogP contribution in [-0.2, 0) is 17.8 Å². The van der Waals surface area contributed by atoms with Gasteiger partial charge in [0.2, 0.25) is 0 Å². The standard InChI is InChI=1S/C24H32N4O2.HI/c1-4-25-24(27-17-21-15-19-8-5-6-9-22(19)28-21)26-16-20-11-10-18(2)14-23(20)30-13-7-12-29-3;/h5-6,8-11,14-15,28H,4,7,12-13,16-17H2,1-3H3,(H2,25,26,27);1H. The van der Waals surface area contributed by atoms with E-state index in [4.69, 9.17) is 14.5 Å². The fourth-order valence-electron chi connectivity index (χ4n) is 3.23. The lowest BCUT2D eigenvalue weighted by Crippen LogP contribution is -2.36. The number of hydrogen-bond donors (Lipinski definition) is 3. The number of para-hydroxylation sites is 1. The van der Waals surface area contributed by atoms with Crippen molar-refractivity contribution >= 4 is 40.8 Å². The molecule has 0 fully saturated rings. The van der Waals surface area contributed by atoms with Gasteiger partial charge in [0.25, 0.3) is 0 Å². The summed E-state index contributed by atoms with van der Waals surface area (Å²) in [6.07, 6.45) is 0.863. The molecule has 1 heterocycles. The van der Waals surface area contributed by atoms with Crippen LogP contribution in [0.5, 0.6) is 5.75 Å². The molecule has 0 saturated carbocycles. The molecule has 0 saturated heterocycles. The van der Waals surface area contributed by atoms with Crippen molar-refractivity contribution in [2.24, 2.45) is 4.99 Å². The fraction of sp³-hybridized carbons (Fsp3) is 0.375. The summed E-state index contributed by atoms with van der Waals surface area (Å²) in [5.74, 6) is 1.67. The van der Waals surface area contributed by atoms with Gasteiger partial charge in [-0.15, -0.1) is 24.0 Å². The Morgan fingerprint density at radius 3 is 2.68 bits per heavy atom. The Morgan fingerprint density at radius 1 is 1.06 bits per heavy atom. The number of nitrogens with zero attached hydrogens (tertiary/aromatic N) is 1. The quantitative estimate of drug-likeness (QED) is 0.151. The maximum atomic E-state index is 5.98. The van der Waals surface area contributed by atoms with Crippen LogP contribution in [0.2, 0.25) is 0 Å². The van der Waals surface area contributed by atoms with Crippen LogP contribution in [0.25, 0.3) is 10.9 Å². The average molecular weight is 536 g/mol. The molecule has 168 valence electrons. The molecule has 0 radical (unpaired) electrons. The summed E-state index contributed by atoms with van der Waals surface area (Å²) in [6, 6.07) is 16.7. The van der Waals surface area contributed by atoms with Crippen molar-refractivity contribution in [3.8, 4) is 5.75 Å². The largest absolute Gasteiger partial charge is 0.493 e. The van der Waals surface area contributed by atoms with E-state index >= 15 is 0 Å². The van der Waals surface area contributed by atoms with Crippen molar-refractivity contribution in [2.45, 2.75) is 33.4 Å². The summed E-state index contributed by atoms with van der Waals surface area (Å²) < 4.78 is 11.1. The SMILES string of the molecule is CCNC(=NCc1ccc(C)cc1OCCCOC)NCc1cc2ccccc2[nH]1.I. The Hall–Kier alpha value is -2.26. The number of rotatable bonds is 10. The second-order valence-electron chi connectivity index (χ2n) is 7.24. The average Bonchev–Trinajstić information content (AvgIpc) is 3.17. The van der Waals surface area contributed by atoms with Crippen LogP contribution in [0.1, 0.15) is 30.2 Å². The zero-order valence-electron chi connectivity index (χ0n) is 18.5. The van der Waals surface area contributed by atoms with E-state index in [9.17, 15) is 0 Å². The summed E-state index contributed by atoms with van der Waals surface area (Å²) in [5, 5.41) is 7.94. The van der Waals surface area contributed by atoms with Gasteiger partial charge in [-0.2, -0.15) is 0 Å². The van der Waals surface area contributed by atoms with Crippen molar-refractivity contribution in [2.75, 3.05) is 26.9 Å². The highest BCUT2D eigenvalue weighted by Gasteiger charge is 2.06. The number of hydrogen-bond acceptors (Lipinski definition) is 3. The number of aryl methyl sites for hydroxylation is 1. The van der Waals surface area contributed by atoms with E-state index in [0.29, 0.717) is 26.3 Å². The highest BCUT2D eigenvalue weighted by atomic mass is 127. The molecule has 0 aliphatic heterocycles. The van der Waals surface area contributed by atoms with Crippen LogP contribution in [0.4, 0.5) is 0 Å². The first-order chi connectivity index (χ1) is 14.7. The lowest BCUT2D eigenvalue weighted by molar-refractivity contribution is 0.172. The molecule has 0 bridgehead atoms. The van der Waals surface area contributed by atoms with E-state index in [1.165, 1.54) is 10.9 Å². The number of aromatic nitrogens is 1.